The predicted molar refractivity (Wildman–Crippen MR) is 97.7 cm³/mol. The first-order chi connectivity index (χ1) is 12.6. The third kappa shape index (κ3) is 4.71. The third-order valence-electron chi connectivity index (χ3n) is 4.30. The van der Waals surface area contributed by atoms with E-state index in [1.165, 1.54) is 0 Å². The number of tetrazole rings is 1. The fraction of sp³-hybridized carbons (Fsp3) is 0.556. The first kappa shape index (κ1) is 19.7. The molecule has 1 aromatic carbocycles. The molecule has 142 valence electrons. The molecule has 0 spiro atoms. The van der Waals surface area contributed by atoms with Crippen LogP contribution in [0.5, 0.6) is 11.5 Å². The van der Waals surface area contributed by atoms with Crippen LogP contribution in [0.1, 0.15) is 38.9 Å². The largest absolute Gasteiger partial charge is 0.493 e. The van der Waals surface area contributed by atoms with Crippen molar-refractivity contribution in [1.82, 2.24) is 25.1 Å². The summed E-state index contributed by atoms with van der Waals surface area (Å²) >= 11 is 0. The number of unbranched alkanes of at least 4 members (excludes halogenated alkanes) is 1. The van der Waals surface area contributed by atoms with Crippen LogP contribution in [0, 0.1) is 0 Å². The molecular weight excluding hydrogens is 334 g/mol. The highest BCUT2D eigenvalue weighted by atomic mass is 16.5. The van der Waals surface area contributed by atoms with E-state index in [1.807, 2.05) is 36.9 Å². The quantitative estimate of drug-likeness (QED) is 0.604. The topological polar surface area (TPSA) is 82.4 Å². The number of methoxy groups -OCH3 is 2. The van der Waals surface area contributed by atoms with Crippen LogP contribution < -0.4 is 9.47 Å². The van der Waals surface area contributed by atoms with Crippen molar-refractivity contribution in [3.05, 3.63) is 24.0 Å². The Morgan fingerprint density at radius 2 is 1.85 bits per heavy atom. The van der Waals surface area contributed by atoms with Crippen molar-refractivity contribution in [2.24, 2.45) is 0 Å². The van der Waals surface area contributed by atoms with Crippen molar-refractivity contribution in [3.63, 3.8) is 0 Å². The van der Waals surface area contributed by atoms with E-state index < -0.39 is 0 Å². The highest BCUT2D eigenvalue weighted by molar-refractivity contribution is 5.76. The molecular formula is C18H27N5O3. The Labute approximate surface area is 154 Å². The molecule has 0 bridgehead atoms. The molecule has 0 N–H and O–H groups in total. The molecule has 1 aromatic heterocycles. The maximum Gasteiger partial charge on any atom is 0.222 e. The van der Waals surface area contributed by atoms with Crippen LogP contribution in [0.25, 0.3) is 5.69 Å². The molecule has 0 radical (unpaired) electrons. The summed E-state index contributed by atoms with van der Waals surface area (Å²) in [4.78, 5) is 13.9. The van der Waals surface area contributed by atoms with Crippen molar-refractivity contribution >= 4 is 5.91 Å². The first-order valence-corrected chi connectivity index (χ1v) is 8.92. The summed E-state index contributed by atoms with van der Waals surface area (Å²) < 4.78 is 12.3. The van der Waals surface area contributed by atoms with Gasteiger partial charge >= 0.3 is 0 Å². The van der Waals surface area contributed by atoms with E-state index in [2.05, 4.69) is 15.5 Å². The standard InChI is InChI=1S/C18H27N5O3/c1-5-22(6-2)18(24)10-8-7-9-17-19-20-21-23(17)14-11-12-15(25-3)16(13-14)26-4/h11-13H,5-10H2,1-4H3. The zero-order valence-corrected chi connectivity index (χ0v) is 15.9. The van der Waals surface area contributed by atoms with E-state index in [9.17, 15) is 4.79 Å². The second-order valence-electron chi connectivity index (χ2n) is 5.82. The molecule has 26 heavy (non-hydrogen) atoms. The average Bonchev–Trinajstić information content (AvgIpc) is 3.14. The zero-order valence-electron chi connectivity index (χ0n) is 15.9. The SMILES string of the molecule is CCN(CC)C(=O)CCCCc1nnnn1-c1ccc(OC)c(OC)c1. The van der Waals surface area contributed by atoms with Gasteiger partial charge in [-0.1, -0.05) is 0 Å². The number of amides is 1. The minimum Gasteiger partial charge on any atom is -0.493 e. The van der Waals surface area contributed by atoms with Crippen LogP contribution >= 0.6 is 0 Å². The molecule has 0 saturated heterocycles. The normalized spacial score (nSPS) is 10.6. The number of hydrogen-bond donors (Lipinski definition) is 0. The van der Waals surface area contributed by atoms with Crippen molar-refractivity contribution in [3.8, 4) is 17.2 Å². The molecule has 0 aliphatic carbocycles. The molecule has 2 aromatic rings. The Bertz CT molecular complexity index is 713. The maximum atomic E-state index is 12.0. The van der Waals surface area contributed by atoms with Crippen LogP contribution in [-0.2, 0) is 11.2 Å². The third-order valence-corrected chi connectivity index (χ3v) is 4.30. The van der Waals surface area contributed by atoms with Gasteiger partial charge in [0, 0.05) is 32.0 Å². The monoisotopic (exact) mass is 361 g/mol. The van der Waals surface area contributed by atoms with Gasteiger partial charge in [-0.05, 0) is 49.2 Å². The second-order valence-corrected chi connectivity index (χ2v) is 5.82. The van der Waals surface area contributed by atoms with Crippen LogP contribution in [0.15, 0.2) is 18.2 Å². The zero-order chi connectivity index (χ0) is 18.9. The summed E-state index contributed by atoms with van der Waals surface area (Å²) in [6.07, 6.45) is 2.92. The van der Waals surface area contributed by atoms with Gasteiger partial charge in [-0.25, -0.2) is 0 Å². The Hall–Kier alpha value is -2.64. The number of rotatable bonds is 10. The lowest BCUT2D eigenvalue weighted by Crippen LogP contribution is -2.30. The predicted octanol–water partition coefficient (Wildman–Crippen LogP) is 2.26. The van der Waals surface area contributed by atoms with Crippen molar-refractivity contribution in [1.29, 1.82) is 0 Å². The number of aryl methyl sites for hydroxylation is 1. The first-order valence-electron chi connectivity index (χ1n) is 8.92. The Morgan fingerprint density at radius 3 is 2.50 bits per heavy atom. The lowest BCUT2D eigenvalue weighted by Gasteiger charge is -2.18. The Kier molecular flexibility index (Phi) is 7.37. The number of carbonyl (C=O) groups excluding carboxylic acids is 1. The molecule has 0 aliphatic heterocycles. The van der Waals surface area contributed by atoms with Crippen molar-refractivity contribution in [2.75, 3.05) is 27.3 Å². The molecule has 0 saturated carbocycles. The number of ether oxygens (including phenoxy) is 2. The number of benzene rings is 1. The molecule has 0 aliphatic rings. The van der Waals surface area contributed by atoms with Gasteiger partial charge in [0.25, 0.3) is 0 Å². The van der Waals surface area contributed by atoms with Gasteiger partial charge < -0.3 is 14.4 Å². The van der Waals surface area contributed by atoms with Crippen LogP contribution in [-0.4, -0.2) is 58.3 Å². The van der Waals surface area contributed by atoms with Gasteiger partial charge in [-0.2, -0.15) is 4.68 Å². The van der Waals surface area contributed by atoms with E-state index in [1.54, 1.807) is 18.9 Å². The Morgan fingerprint density at radius 1 is 1.12 bits per heavy atom. The van der Waals surface area contributed by atoms with E-state index in [0.29, 0.717) is 24.3 Å². The molecule has 0 fully saturated rings. The highest BCUT2D eigenvalue weighted by Gasteiger charge is 2.13. The van der Waals surface area contributed by atoms with Crippen LogP contribution in [0.3, 0.4) is 0 Å². The molecule has 8 nitrogen and oxygen atoms in total. The van der Waals surface area contributed by atoms with Gasteiger partial charge in [-0.3, -0.25) is 4.79 Å². The van der Waals surface area contributed by atoms with Gasteiger partial charge in [-0.15, -0.1) is 5.10 Å². The lowest BCUT2D eigenvalue weighted by atomic mass is 10.1. The second kappa shape index (κ2) is 9.74. The minimum atomic E-state index is 0.203. The summed E-state index contributed by atoms with van der Waals surface area (Å²) in [5.74, 6) is 2.24. The highest BCUT2D eigenvalue weighted by Crippen LogP contribution is 2.29. The molecule has 1 amide bonds. The van der Waals surface area contributed by atoms with E-state index in [-0.39, 0.29) is 5.91 Å². The van der Waals surface area contributed by atoms with Crippen molar-refractivity contribution in [2.45, 2.75) is 39.5 Å². The number of carbonyl (C=O) groups is 1. The number of nitrogens with zero attached hydrogens (tertiary/aromatic N) is 5. The summed E-state index contributed by atoms with van der Waals surface area (Å²) in [6.45, 7) is 5.51. The average molecular weight is 361 g/mol. The van der Waals surface area contributed by atoms with Crippen molar-refractivity contribution < 1.29 is 14.3 Å². The summed E-state index contributed by atoms with van der Waals surface area (Å²) in [7, 11) is 3.19. The molecule has 0 unspecified atom stereocenters. The summed E-state index contributed by atoms with van der Waals surface area (Å²) in [5, 5.41) is 12.0. The summed E-state index contributed by atoms with van der Waals surface area (Å²) in [5.41, 5.74) is 0.807. The molecule has 8 heteroatoms. The van der Waals surface area contributed by atoms with E-state index in [0.717, 1.165) is 37.4 Å². The Balaban J connectivity index is 1.98. The molecule has 1 heterocycles. The summed E-state index contributed by atoms with van der Waals surface area (Å²) in [6, 6.07) is 5.54. The van der Waals surface area contributed by atoms with E-state index >= 15 is 0 Å². The van der Waals surface area contributed by atoms with Gasteiger partial charge in [0.15, 0.2) is 17.3 Å². The van der Waals surface area contributed by atoms with Crippen LogP contribution in [0.4, 0.5) is 0 Å². The minimum absolute atomic E-state index is 0.203. The molecule has 0 atom stereocenters. The van der Waals surface area contributed by atoms with Gasteiger partial charge in [0.05, 0.1) is 19.9 Å². The van der Waals surface area contributed by atoms with Gasteiger partial charge in [0.1, 0.15) is 0 Å². The van der Waals surface area contributed by atoms with Gasteiger partial charge in [0.2, 0.25) is 5.91 Å². The van der Waals surface area contributed by atoms with E-state index in [4.69, 9.17) is 9.47 Å². The van der Waals surface area contributed by atoms with Crippen LogP contribution in [0.2, 0.25) is 0 Å². The fourth-order valence-corrected chi connectivity index (χ4v) is 2.81. The smallest absolute Gasteiger partial charge is 0.222 e. The fourth-order valence-electron chi connectivity index (χ4n) is 2.81. The number of hydrogen-bond acceptors (Lipinski definition) is 6. The number of aromatic nitrogens is 4. The maximum absolute atomic E-state index is 12.0. The lowest BCUT2D eigenvalue weighted by molar-refractivity contribution is -0.130. The molecule has 2 rings (SSSR count).